The zero-order chi connectivity index (χ0) is 28.0. The van der Waals surface area contributed by atoms with Crippen molar-refractivity contribution in [2.24, 2.45) is 5.92 Å². The summed E-state index contributed by atoms with van der Waals surface area (Å²) in [7, 11) is -2.18. The molecule has 1 fully saturated rings. The fourth-order valence-corrected chi connectivity index (χ4v) is 6.59. The number of benzene rings is 2. The number of sulfonamides is 1. The number of aliphatic hydroxyl groups excluding tert-OH is 1. The molecule has 9 nitrogen and oxygen atoms in total. The van der Waals surface area contributed by atoms with Gasteiger partial charge in [-0.2, -0.15) is 4.31 Å². The zero-order valence-corrected chi connectivity index (χ0v) is 23.7. The molecule has 4 rings (SSSR count). The van der Waals surface area contributed by atoms with Gasteiger partial charge >= 0.3 is 0 Å². The summed E-state index contributed by atoms with van der Waals surface area (Å²) in [5, 5.41) is 9.86. The summed E-state index contributed by atoms with van der Waals surface area (Å²) >= 11 is 0. The molecule has 0 bridgehead atoms. The fourth-order valence-electron chi connectivity index (χ4n) is 4.76. The van der Waals surface area contributed by atoms with E-state index in [4.69, 9.17) is 9.47 Å². The van der Waals surface area contributed by atoms with Crippen molar-refractivity contribution in [3.8, 4) is 5.75 Å². The molecule has 1 saturated heterocycles. The third-order valence-corrected chi connectivity index (χ3v) is 9.32. The highest BCUT2D eigenvalue weighted by Crippen LogP contribution is 2.34. The third-order valence-electron chi connectivity index (χ3n) is 7.30. The van der Waals surface area contributed by atoms with E-state index in [0.717, 1.165) is 11.1 Å². The molecule has 2 aliphatic rings. The number of rotatable bonds is 8. The molecule has 212 valence electrons. The number of hydrogen-bond donors (Lipinski definition) is 1. The Hall–Kier alpha value is -2.76. The first kappa shape index (κ1) is 29.2. The molecule has 0 aliphatic carbocycles. The molecule has 0 aromatic heterocycles. The van der Waals surface area contributed by atoms with Gasteiger partial charge in [-0.05, 0) is 30.2 Å². The summed E-state index contributed by atoms with van der Waals surface area (Å²) in [4.78, 5) is 16.8. The topological polar surface area (TPSA) is 99.6 Å². The molecule has 10 heteroatoms. The zero-order valence-electron chi connectivity index (χ0n) is 22.9. The Bertz CT molecular complexity index is 1250. The molecule has 3 atom stereocenters. The maximum absolute atomic E-state index is 13.7. The Morgan fingerprint density at radius 3 is 2.51 bits per heavy atom. The van der Waals surface area contributed by atoms with Crippen LogP contribution in [0, 0.1) is 5.92 Å². The molecule has 0 saturated carbocycles. The average molecular weight is 558 g/mol. The number of fused-ring (bicyclic) bond motifs is 1. The van der Waals surface area contributed by atoms with Crippen molar-refractivity contribution in [3.63, 3.8) is 0 Å². The highest BCUT2D eigenvalue weighted by Gasteiger charge is 2.38. The van der Waals surface area contributed by atoms with Crippen molar-refractivity contribution in [1.29, 1.82) is 0 Å². The van der Waals surface area contributed by atoms with E-state index < -0.39 is 22.2 Å². The Morgan fingerprint density at radius 1 is 1.13 bits per heavy atom. The van der Waals surface area contributed by atoms with Gasteiger partial charge in [0.1, 0.15) is 16.7 Å². The lowest BCUT2D eigenvalue weighted by Crippen LogP contribution is -2.51. The summed E-state index contributed by atoms with van der Waals surface area (Å²) in [6.45, 7) is 6.73. The van der Waals surface area contributed by atoms with Gasteiger partial charge in [0.15, 0.2) is 0 Å². The Balaban J connectivity index is 1.62. The Morgan fingerprint density at radius 2 is 1.82 bits per heavy atom. The van der Waals surface area contributed by atoms with Crippen LogP contribution in [0.5, 0.6) is 5.75 Å². The summed E-state index contributed by atoms with van der Waals surface area (Å²) in [6, 6.07) is 14.3. The quantitative estimate of drug-likeness (QED) is 0.498. The minimum absolute atomic E-state index is 0.0252. The molecule has 2 aromatic rings. The third kappa shape index (κ3) is 7.26. The molecule has 2 aromatic carbocycles. The molecule has 0 spiro atoms. The Kier molecular flexibility index (Phi) is 9.79. The minimum atomic E-state index is -3.93. The van der Waals surface area contributed by atoms with Crippen LogP contribution < -0.4 is 4.74 Å². The SMILES string of the molecule is C[C@H](CO)N1C[C@H](C)[C@@H](CN(C)C(=O)CN2CCOCC2)Oc2cc(C=Cc3ccccc3)ccc2S1(=O)=O. The molecular formula is C29H39N3O6S. The number of ether oxygens (including phenoxy) is 2. The molecule has 1 N–H and O–H groups in total. The highest BCUT2D eigenvalue weighted by atomic mass is 32.2. The summed E-state index contributed by atoms with van der Waals surface area (Å²) < 4.78 is 40.6. The van der Waals surface area contributed by atoms with Crippen molar-refractivity contribution in [2.75, 3.05) is 59.6 Å². The van der Waals surface area contributed by atoms with Gasteiger partial charge in [-0.3, -0.25) is 9.69 Å². The summed E-state index contributed by atoms with van der Waals surface area (Å²) in [5.74, 6) is -0.0299. The number of amides is 1. The molecule has 1 amide bonds. The predicted molar refractivity (Wildman–Crippen MR) is 151 cm³/mol. The average Bonchev–Trinajstić information content (AvgIpc) is 2.94. The number of hydrogen-bond acceptors (Lipinski definition) is 7. The lowest BCUT2D eigenvalue weighted by atomic mass is 10.0. The van der Waals surface area contributed by atoms with Crippen molar-refractivity contribution < 1.29 is 27.8 Å². The van der Waals surface area contributed by atoms with Crippen LogP contribution in [-0.2, 0) is 19.6 Å². The van der Waals surface area contributed by atoms with Crippen LogP contribution in [0.1, 0.15) is 25.0 Å². The number of carbonyl (C=O) groups excluding carboxylic acids is 1. The van der Waals surface area contributed by atoms with Gasteiger partial charge in [-0.1, -0.05) is 55.5 Å². The molecule has 0 radical (unpaired) electrons. The second kappa shape index (κ2) is 13.1. The van der Waals surface area contributed by atoms with Crippen LogP contribution in [0.3, 0.4) is 0 Å². The van der Waals surface area contributed by atoms with Crippen molar-refractivity contribution in [1.82, 2.24) is 14.1 Å². The van der Waals surface area contributed by atoms with E-state index in [9.17, 15) is 18.3 Å². The van der Waals surface area contributed by atoms with E-state index in [1.807, 2.05) is 49.4 Å². The maximum Gasteiger partial charge on any atom is 0.247 e. The van der Waals surface area contributed by atoms with Crippen LogP contribution in [-0.4, -0.2) is 105 Å². The second-order valence-electron chi connectivity index (χ2n) is 10.4. The first-order valence-electron chi connectivity index (χ1n) is 13.4. The van der Waals surface area contributed by atoms with E-state index in [1.165, 1.54) is 4.31 Å². The van der Waals surface area contributed by atoms with Crippen LogP contribution in [0.25, 0.3) is 12.2 Å². The van der Waals surface area contributed by atoms with Crippen LogP contribution >= 0.6 is 0 Å². The molecule has 2 heterocycles. The predicted octanol–water partition coefficient (Wildman–Crippen LogP) is 2.42. The minimum Gasteiger partial charge on any atom is -0.487 e. The number of nitrogens with zero attached hydrogens (tertiary/aromatic N) is 3. The largest absolute Gasteiger partial charge is 0.487 e. The molecule has 0 unspecified atom stereocenters. The highest BCUT2D eigenvalue weighted by molar-refractivity contribution is 7.89. The van der Waals surface area contributed by atoms with Gasteiger partial charge in [0, 0.05) is 38.6 Å². The standard InChI is InChI=1S/C29H39N3O6S/c1-22-18-32(23(2)21-33)39(35,36)28-12-11-25(10-9-24-7-5-4-6-8-24)17-26(28)38-27(22)19-30(3)29(34)20-31-13-15-37-16-14-31/h4-12,17,22-23,27,33H,13-16,18-21H2,1-3H3/t22-,23+,27+/m0/s1. The van der Waals surface area contributed by atoms with Gasteiger partial charge < -0.3 is 19.5 Å². The van der Waals surface area contributed by atoms with E-state index in [1.54, 1.807) is 37.1 Å². The number of likely N-dealkylation sites (N-methyl/N-ethyl adjacent to an activating group) is 1. The number of morpholine rings is 1. The maximum atomic E-state index is 13.7. The van der Waals surface area contributed by atoms with Crippen molar-refractivity contribution in [2.45, 2.75) is 30.9 Å². The normalized spacial score (nSPS) is 22.9. The summed E-state index contributed by atoms with van der Waals surface area (Å²) in [6.07, 6.45) is 3.41. The first-order chi connectivity index (χ1) is 18.7. The van der Waals surface area contributed by atoms with E-state index in [2.05, 4.69) is 4.90 Å². The van der Waals surface area contributed by atoms with E-state index >= 15 is 0 Å². The smallest absolute Gasteiger partial charge is 0.247 e. The molecule has 39 heavy (non-hydrogen) atoms. The monoisotopic (exact) mass is 557 g/mol. The second-order valence-corrected chi connectivity index (χ2v) is 12.2. The number of carbonyl (C=O) groups is 1. The fraction of sp³-hybridized carbons (Fsp3) is 0.483. The van der Waals surface area contributed by atoms with Crippen LogP contribution in [0.15, 0.2) is 53.4 Å². The van der Waals surface area contributed by atoms with Gasteiger partial charge in [0.25, 0.3) is 0 Å². The van der Waals surface area contributed by atoms with Crippen LogP contribution in [0.2, 0.25) is 0 Å². The first-order valence-corrected chi connectivity index (χ1v) is 14.8. The van der Waals surface area contributed by atoms with Gasteiger partial charge in [0.2, 0.25) is 15.9 Å². The van der Waals surface area contributed by atoms with Gasteiger partial charge in [-0.15, -0.1) is 0 Å². The number of aliphatic hydroxyl groups is 1. The lowest BCUT2D eigenvalue weighted by molar-refractivity contribution is -0.133. The van der Waals surface area contributed by atoms with Crippen molar-refractivity contribution >= 4 is 28.1 Å². The van der Waals surface area contributed by atoms with E-state index in [0.29, 0.717) is 39.4 Å². The van der Waals surface area contributed by atoms with Crippen molar-refractivity contribution in [3.05, 3.63) is 59.7 Å². The molecular weight excluding hydrogens is 518 g/mol. The lowest BCUT2D eigenvalue weighted by Gasteiger charge is -2.38. The van der Waals surface area contributed by atoms with Crippen LogP contribution in [0.4, 0.5) is 0 Å². The van der Waals surface area contributed by atoms with Gasteiger partial charge in [0.05, 0.1) is 32.9 Å². The van der Waals surface area contributed by atoms with Gasteiger partial charge in [-0.25, -0.2) is 8.42 Å². The Labute approximate surface area is 231 Å². The van der Waals surface area contributed by atoms with E-state index in [-0.39, 0.29) is 35.6 Å². The molecule has 2 aliphatic heterocycles. The summed E-state index contributed by atoms with van der Waals surface area (Å²) in [5.41, 5.74) is 1.81.